The summed E-state index contributed by atoms with van der Waals surface area (Å²) in [4.78, 5) is 22.4. The Balaban J connectivity index is 1.37. The molecule has 3 heterocycles. The Kier molecular flexibility index (Phi) is 8.73. The number of piperidine rings is 1. The summed E-state index contributed by atoms with van der Waals surface area (Å²) >= 11 is 12.3. The van der Waals surface area contributed by atoms with Gasteiger partial charge in [0.25, 0.3) is 0 Å². The molecule has 1 spiro atoms. The molecule has 2 aliphatic rings. The van der Waals surface area contributed by atoms with Crippen molar-refractivity contribution in [2.24, 2.45) is 5.41 Å². The molecule has 0 aliphatic carbocycles. The molecule has 224 valence electrons. The Labute approximate surface area is 251 Å². The first-order valence-corrected chi connectivity index (χ1v) is 14.3. The Morgan fingerprint density at radius 3 is 2.57 bits per heavy atom. The highest BCUT2D eigenvalue weighted by atomic mass is 35.5. The molecule has 0 bridgehead atoms. The normalized spacial score (nSPS) is 19.1. The van der Waals surface area contributed by atoms with E-state index in [1.807, 2.05) is 4.90 Å². The third-order valence-electron chi connectivity index (χ3n) is 7.76. The number of rotatable bonds is 7. The van der Waals surface area contributed by atoms with E-state index in [9.17, 15) is 18.0 Å². The van der Waals surface area contributed by atoms with Gasteiger partial charge >= 0.3 is 12.1 Å². The Bertz CT molecular complexity index is 1450. The first-order chi connectivity index (χ1) is 20.0. The minimum atomic E-state index is -4.80. The number of aromatic nitrogens is 2. The van der Waals surface area contributed by atoms with Gasteiger partial charge in [0.05, 0.1) is 6.61 Å². The fraction of sp³-hybridized carbons (Fsp3) is 0.414. The van der Waals surface area contributed by atoms with E-state index in [-0.39, 0.29) is 45.4 Å². The highest BCUT2D eigenvalue weighted by Gasteiger charge is 2.46. The number of hydrogen-bond donors (Lipinski definition) is 2. The van der Waals surface area contributed by atoms with Gasteiger partial charge in [0.1, 0.15) is 11.9 Å². The number of hydrogen-bond acceptors (Lipinski definition) is 8. The fourth-order valence-corrected chi connectivity index (χ4v) is 6.02. The molecule has 3 N–H and O–H groups in total. The molecule has 1 aromatic heterocycles. The van der Waals surface area contributed by atoms with E-state index in [0.29, 0.717) is 49.1 Å². The summed E-state index contributed by atoms with van der Waals surface area (Å²) in [5, 5.41) is 3.89. The monoisotopic (exact) mass is 623 g/mol. The SMILES string of the molecule is CCOC(=O)[C@@H]1CC2(CCN(c3cc(O[C@H](c4ccc(Cl)cc4-c4cccc(Cl)c4)C(F)(F)F)nc(N)n3)CC2)CN1. The van der Waals surface area contributed by atoms with Gasteiger partial charge in [-0.05, 0) is 67.0 Å². The third kappa shape index (κ3) is 6.68. The molecule has 0 saturated carbocycles. The van der Waals surface area contributed by atoms with Gasteiger partial charge in [-0.2, -0.15) is 23.1 Å². The van der Waals surface area contributed by atoms with E-state index in [0.717, 1.165) is 12.8 Å². The lowest BCUT2D eigenvalue weighted by Gasteiger charge is -2.39. The van der Waals surface area contributed by atoms with Gasteiger partial charge in [-0.1, -0.05) is 41.4 Å². The van der Waals surface area contributed by atoms with Crippen LogP contribution >= 0.6 is 23.2 Å². The van der Waals surface area contributed by atoms with Crippen molar-refractivity contribution in [1.82, 2.24) is 15.3 Å². The van der Waals surface area contributed by atoms with Crippen LogP contribution < -0.4 is 20.7 Å². The first kappa shape index (κ1) is 30.2. The summed E-state index contributed by atoms with van der Waals surface area (Å²) in [6.45, 7) is 3.94. The number of ether oxygens (including phenoxy) is 2. The summed E-state index contributed by atoms with van der Waals surface area (Å²) < 4.78 is 54.3. The van der Waals surface area contributed by atoms with Crippen molar-refractivity contribution in [2.75, 3.05) is 36.9 Å². The summed E-state index contributed by atoms with van der Waals surface area (Å²) in [5.41, 5.74) is 6.39. The van der Waals surface area contributed by atoms with E-state index in [1.54, 1.807) is 31.2 Å². The maximum Gasteiger partial charge on any atom is 0.429 e. The minimum absolute atomic E-state index is 0.0709. The van der Waals surface area contributed by atoms with Gasteiger partial charge < -0.3 is 25.4 Å². The van der Waals surface area contributed by atoms with Gasteiger partial charge in [0.2, 0.25) is 17.9 Å². The van der Waals surface area contributed by atoms with Gasteiger partial charge in [-0.25, -0.2) is 0 Å². The van der Waals surface area contributed by atoms with Crippen LogP contribution in [0.3, 0.4) is 0 Å². The predicted octanol–water partition coefficient (Wildman–Crippen LogP) is 6.23. The van der Waals surface area contributed by atoms with Crippen LogP contribution in [0.5, 0.6) is 5.88 Å². The van der Waals surface area contributed by atoms with Crippen molar-refractivity contribution in [3.8, 4) is 17.0 Å². The number of esters is 1. The predicted molar refractivity (Wildman–Crippen MR) is 155 cm³/mol. The Morgan fingerprint density at radius 1 is 1.14 bits per heavy atom. The summed E-state index contributed by atoms with van der Waals surface area (Å²) in [5.74, 6) is -0.398. The average Bonchev–Trinajstić information content (AvgIpc) is 3.35. The van der Waals surface area contributed by atoms with Crippen LogP contribution in [0.2, 0.25) is 10.0 Å². The second kappa shape index (κ2) is 12.1. The van der Waals surface area contributed by atoms with Crippen LogP contribution in [-0.4, -0.2) is 54.4 Å². The molecule has 0 unspecified atom stereocenters. The Morgan fingerprint density at radius 2 is 1.88 bits per heavy atom. The van der Waals surface area contributed by atoms with E-state index < -0.39 is 12.3 Å². The van der Waals surface area contributed by atoms with E-state index >= 15 is 0 Å². The summed E-state index contributed by atoms with van der Waals surface area (Å²) in [6, 6.07) is 11.6. The lowest BCUT2D eigenvalue weighted by Crippen LogP contribution is -2.41. The number of halogens is 5. The standard InChI is InChI=1S/C29H30Cl2F3N5O3/c1-2-41-26(40)22-15-28(16-36-22)8-10-39(11-9-28)23-14-24(38-27(35)37-23)42-25(29(32,33)34)20-7-6-19(31)13-21(20)17-4-3-5-18(30)12-17/h3-7,12-14,22,25,36H,2,8-11,15-16H2,1H3,(H2,35,37,38)/t22-,25+/m0/s1. The molecule has 2 atom stereocenters. The number of anilines is 2. The number of nitrogens with one attached hydrogen (secondary N) is 1. The van der Waals surface area contributed by atoms with E-state index in [2.05, 4.69) is 15.3 Å². The zero-order valence-corrected chi connectivity index (χ0v) is 24.3. The molecule has 2 aliphatic heterocycles. The van der Waals surface area contributed by atoms with Crippen molar-refractivity contribution in [3.05, 3.63) is 64.1 Å². The van der Waals surface area contributed by atoms with Crippen LogP contribution in [0.25, 0.3) is 11.1 Å². The Hall–Kier alpha value is -3.28. The molecule has 0 radical (unpaired) electrons. The van der Waals surface area contributed by atoms with Crippen molar-refractivity contribution in [3.63, 3.8) is 0 Å². The van der Waals surface area contributed by atoms with E-state index in [4.69, 9.17) is 38.4 Å². The van der Waals surface area contributed by atoms with Crippen molar-refractivity contribution in [1.29, 1.82) is 0 Å². The molecule has 2 fully saturated rings. The summed E-state index contributed by atoms with van der Waals surface area (Å²) in [6.07, 6.45) is -4.99. The lowest BCUT2D eigenvalue weighted by atomic mass is 9.76. The maximum absolute atomic E-state index is 14.5. The largest absolute Gasteiger partial charge is 0.465 e. The molecule has 0 amide bonds. The molecule has 2 aromatic carbocycles. The average molecular weight is 624 g/mol. The number of alkyl halides is 3. The molecule has 5 rings (SSSR count). The lowest BCUT2D eigenvalue weighted by molar-refractivity contribution is -0.198. The second-order valence-electron chi connectivity index (χ2n) is 10.6. The smallest absolute Gasteiger partial charge is 0.429 e. The highest BCUT2D eigenvalue weighted by molar-refractivity contribution is 6.31. The number of carbonyl (C=O) groups is 1. The zero-order valence-electron chi connectivity index (χ0n) is 22.8. The molecular weight excluding hydrogens is 594 g/mol. The van der Waals surface area contributed by atoms with Crippen molar-refractivity contribution >= 4 is 40.9 Å². The molecule has 13 heteroatoms. The minimum Gasteiger partial charge on any atom is -0.465 e. The van der Waals surface area contributed by atoms with Crippen LogP contribution in [0.15, 0.2) is 48.5 Å². The van der Waals surface area contributed by atoms with Gasteiger partial charge in [0, 0.05) is 41.3 Å². The second-order valence-corrected chi connectivity index (χ2v) is 11.5. The highest BCUT2D eigenvalue weighted by Crippen LogP contribution is 2.43. The molecule has 2 saturated heterocycles. The molecular formula is C29H30Cl2F3N5O3. The fourth-order valence-electron chi connectivity index (χ4n) is 5.66. The van der Waals surface area contributed by atoms with Crippen molar-refractivity contribution in [2.45, 2.75) is 44.5 Å². The number of nitrogen functional groups attached to an aromatic ring is 1. The van der Waals surface area contributed by atoms with Crippen LogP contribution in [0, 0.1) is 5.41 Å². The van der Waals surface area contributed by atoms with Crippen molar-refractivity contribution < 1.29 is 27.4 Å². The number of nitrogens with zero attached hydrogens (tertiary/aromatic N) is 3. The van der Waals surface area contributed by atoms with Crippen LogP contribution in [0.1, 0.15) is 37.9 Å². The first-order valence-electron chi connectivity index (χ1n) is 13.5. The van der Waals surface area contributed by atoms with Crippen LogP contribution in [-0.2, 0) is 9.53 Å². The molecule has 3 aromatic rings. The molecule has 42 heavy (non-hydrogen) atoms. The maximum atomic E-state index is 14.5. The number of benzene rings is 2. The topological polar surface area (TPSA) is 103 Å². The third-order valence-corrected chi connectivity index (χ3v) is 8.23. The van der Waals surface area contributed by atoms with Gasteiger partial charge in [-0.3, -0.25) is 4.79 Å². The van der Waals surface area contributed by atoms with Crippen LogP contribution in [0.4, 0.5) is 24.9 Å². The number of nitrogens with two attached hydrogens (primary N) is 1. The summed E-state index contributed by atoms with van der Waals surface area (Å²) in [7, 11) is 0. The van der Waals surface area contributed by atoms with E-state index in [1.165, 1.54) is 24.3 Å². The van der Waals surface area contributed by atoms with Gasteiger partial charge in [0.15, 0.2) is 0 Å². The number of carbonyl (C=O) groups excluding carboxylic acids is 1. The molecule has 8 nitrogen and oxygen atoms in total. The van der Waals surface area contributed by atoms with Gasteiger partial charge in [-0.15, -0.1) is 0 Å². The zero-order chi connectivity index (χ0) is 30.1. The quantitative estimate of drug-likeness (QED) is 0.299.